The fourth-order valence-corrected chi connectivity index (χ4v) is 5.13. The van der Waals surface area contributed by atoms with Crippen LogP contribution in [-0.2, 0) is 19.6 Å². The van der Waals surface area contributed by atoms with Gasteiger partial charge in [0.05, 0.1) is 17.1 Å². The number of Topliss-reactive ketones (excluding diaryl/α,β-unsaturated/α-hetero) is 1. The lowest BCUT2D eigenvalue weighted by Gasteiger charge is -2.53. The molecule has 0 radical (unpaired) electrons. The molecule has 0 N–H and O–H groups in total. The highest BCUT2D eigenvalue weighted by Crippen LogP contribution is 2.52. The van der Waals surface area contributed by atoms with Crippen molar-refractivity contribution in [3.8, 4) is 0 Å². The van der Waals surface area contributed by atoms with E-state index in [4.69, 9.17) is 9.16 Å². The number of hydrogen-bond donors (Lipinski definition) is 0. The first-order chi connectivity index (χ1) is 10.6. The predicted molar refractivity (Wildman–Crippen MR) is 96.0 cm³/mol. The van der Waals surface area contributed by atoms with Crippen molar-refractivity contribution in [3.63, 3.8) is 0 Å². The first-order valence-corrected chi connectivity index (χ1v) is 11.9. The van der Waals surface area contributed by atoms with Crippen molar-refractivity contribution in [2.75, 3.05) is 6.61 Å². The molecule has 0 saturated heterocycles. The number of hydrogen-bond acceptors (Lipinski definition) is 3. The van der Waals surface area contributed by atoms with Gasteiger partial charge in [0.15, 0.2) is 8.32 Å². The number of benzene rings is 1. The molecule has 1 saturated carbocycles. The number of ketones is 1. The molecule has 1 aromatic rings. The molecule has 23 heavy (non-hydrogen) atoms. The van der Waals surface area contributed by atoms with Gasteiger partial charge in [-0.05, 0) is 46.0 Å². The van der Waals surface area contributed by atoms with Crippen molar-refractivity contribution >= 4 is 14.1 Å². The van der Waals surface area contributed by atoms with Crippen LogP contribution in [0.5, 0.6) is 0 Å². The van der Waals surface area contributed by atoms with Crippen LogP contribution in [0.25, 0.3) is 0 Å². The second kappa shape index (κ2) is 6.50. The lowest BCUT2D eigenvalue weighted by atomic mass is 9.61. The maximum atomic E-state index is 12.9. The van der Waals surface area contributed by atoms with E-state index in [9.17, 15) is 4.79 Å². The third-order valence-corrected chi connectivity index (χ3v) is 5.72. The molecular formula is C19H30O3Si. The van der Waals surface area contributed by atoms with Gasteiger partial charge in [-0.25, -0.2) is 0 Å². The maximum Gasteiger partial charge on any atom is 0.185 e. The minimum absolute atomic E-state index is 0.0721. The van der Waals surface area contributed by atoms with E-state index in [1.807, 2.05) is 39.0 Å². The quantitative estimate of drug-likeness (QED) is 0.742. The maximum absolute atomic E-state index is 12.9. The largest absolute Gasteiger partial charge is 0.407 e. The number of carbonyl (C=O) groups is 1. The first-order valence-electron chi connectivity index (χ1n) is 8.53. The van der Waals surface area contributed by atoms with Crippen LogP contribution in [0.3, 0.4) is 0 Å². The van der Waals surface area contributed by atoms with Gasteiger partial charge in [-0.3, -0.25) is 4.79 Å². The monoisotopic (exact) mass is 334 g/mol. The third kappa shape index (κ3) is 3.59. The molecule has 0 amide bonds. The SMILES string of the molecule is CCO[C@@H]1CC(=O)C(C)(C)[C@](O[Si](C)(C)C)(c2ccccc2)C1. The Morgan fingerprint density at radius 3 is 2.30 bits per heavy atom. The lowest BCUT2D eigenvalue weighted by Crippen LogP contribution is -2.58. The zero-order valence-electron chi connectivity index (χ0n) is 15.3. The van der Waals surface area contributed by atoms with Crippen LogP contribution in [0.4, 0.5) is 0 Å². The van der Waals surface area contributed by atoms with E-state index < -0.39 is 19.3 Å². The van der Waals surface area contributed by atoms with Gasteiger partial charge < -0.3 is 9.16 Å². The van der Waals surface area contributed by atoms with Crippen LogP contribution >= 0.6 is 0 Å². The van der Waals surface area contributed by atoms with E-state index in [2.05, 4.69) is 31.8 Å². The van der Waals surface area contributed by atoms with Gasteiger partial charge in [-0.15, -0.1) is 0 Å². The molecule has 3 nitrogen and oxygen atoms in total. The van der Waals surface area contributed by atoms with E-state index in [0.717, 1.165) is 12.0 Å². The molecule has 1 aliphatic rings. The highest BCUT2D eigenvalue weighted by Gasteiger charge is 2.57. The zero-order chi connectivity index (χ0) is 17.3. The number of rotatable bonds is 5. The molecule has 128 valence electrons. The van der Waals surface area contributed by atoms with Gasteiger partial charge in [0.2, 0.25) is 0 Å². The van der Waals surface area contributed by atoms with E-state index in [-0.39, 0.29) is 11.9 Å². The smallest absolute Gasteiger partial charge is 0.185 e. The molecule has 2 atom stereocenters. The zero-order valence-corrected chi connectivity index (χ0v) is 16.3. The van der Waals surface area contributed by atoms with Crippen molar-refractivity contribution in [3.05, 3.63) is 35.9 Å². The molecule has 0 spiro atoms. The molecule has 0 aromatic heterocycles. The van der Waals surface area contributed by atoms with Gasteiger partial charge in [0, 0.05) is 19.4 Å². The number of ether oxygens (including phenoxy) is 1. The van der Waals surface area contributed by atoms with Crippen LogP contribution in [0.1, 0.15) is 39.2 Å². The predicted octanol–water partition coefficient (Wildman–Crippen LogP) is 4.53. The highest BCUT2D eigenvalue weighted by atomic mass is 28.4. The molecule has 0 unspecified atom stereocenters. The summed E-state index contributed by atoms with van der Waals surface area (Å²) in [4.78, 5) is 12.9. The Balaban J connectivity index is 2.58. The Kier molecular flexibility index (Phi) is 5.19. The van der Waals surface area contributed by atoms with E-state index in [1.54, 1.807) is 0 Å². The van der Waals surface area contributed by atoms with Crippen molar-refractivity contribution in [2.45, 2.75) is 65.0 Å². The average Bonchev–Trinajstić information content (AvgIpc) is 2.44. The Labute approximate surface area is 141 Å². The van der Waals surface area contributed by atoms with Crippen LogP contribution < -0.4 is 0 Å². The molecule has 4 heteroatoms. The summed E-state index contributed by atoms with van der Waals surface area (Å²) in [5.41, 5.74) is -0.0963. The van der Waals surface area contributed by atoms with Crippen LogP contribution in [0, 0.1) is 5.41 Å². The van der Waals surface area contributed by atoms with Crippen molar-refractivity contribution < 1.29 is 14.0 Å². The van der Waals surface area contributed by atoms with Gasteiger partial charge in [-0.2, -0.15) is 0 Å². The minimum atomic E-state index is -1.88. The molecule has 2 rings (SSSR count). The summed E-state index contributed by atoms with van der Waals surface area (Å²) in [5.74, 6) is 0.226. The molecule has 0 aliphatic heterocycles. The normalized spacial score (nSPS) is 27.9. The third-order valence-electron chi connectivity index (χ3n) is 4.76. The van der Waals surface area contributed by atoms with Gasteiger partial charge in [0.1, 0.15) is 5.78 Å². The van der Waals surface area contributed by atoms with Crippen LogP contribution in [0.15, 0.2) is 30.3 Å². The second-order valence-corrected chi connectivity index (χ2v) is 12.4. The summed E-state index contributed by atoms with van der Waals surface area (Å²) < 4.78 is 12.6. The van der Waals surface area contributed by atoms with Crippen LogP contribution in [-0.4, -0.2) is 26.8 Å². The minimum Gasteiger partial charge on any atom is -0.407 e. The Hall–Kier alpha value is -0.973. The molecule has 1 aliphatic carbocycles. The van der Waals surface area contributed by atoms with Crippen LogP contribution in [0.2, 0.25) is 19.6 Å². The fraction of sp³-hybridized carbons (Fsp3) is 0.632. The first kappa shape index (κ1) is 18.4. The van der Waals surface area contributed by atoms with Gasteiger partial charge in [-0.1, -0.05) is 30.3 Å². The Morgan fingerprint density at radius 1 is 1.17 bits per heavy atom. The second-order valence-electron chi connectivity index (χ2n) is 7.94. The summed E-state index contributed by atoms with van der Waals surface area (Å²) in [6, 6.07) is 10.2. The Bertz CT molecular complexity index is 547. The standard InChI is InChI=1S/C19H30O3Si/c1-7-21-16-13-17(20)18(2,3)19(14-16,22-23(4,5)6)15-11-9-8-10-12-15/h8-12,16H,7,13-14H2,1-6H3/t16-,19-/m1/s1. The van der Waals surface area contributed by atoms with E-state index >= 15 is 0 Å². The molecule has 0 bridgehead atoms. The average molecular weight is 335 g/mol. The van der Waals surface area contributed by atoms with Gasteiger partial charge >= 0.3 is 0 Å². The van der Waals surface area contributed by atoms with Crippen molar-refractivity contribution in [2.24, 2.45) is 5.41 Å². The van der Waals surface area contributed by atoms with Gasteiger partial charge in [0.25, 0.3) is 0 Å². The molecular weight excluding hydrogens is 304 g/mol. The topological polar surface area (TPSA) is 35.5 Å². The Morgan fingerprint density at radius 2 is 1.78 bits per heavy atom. The summed E-state index contributed by atoms with van der Waals surface area (Å²) in [7, 11) is -1.88. The summed E-state index contributed by atoms with van der Waals surface area (Å²) in [5, 5.41) is 0. The molecule has 1 aromatic carbocycles. The fourth-order valence-electron chi connectivity index (χ4n) is 3.63. The van der Waals surface area contributed by atoms with E-state index in [0.29, 0.717) is 13.0 Å². The number of carbonyl (C=O) groups excluding carboxylic acids is 1. The molecule has 1 fully saturated rings. The van der Waals surface area contributed by atoms with E-state index in [1.165, 1.54) is 0 Å². The summed E-state index contributed by atoms with van der Waals surface area (Å²) in [6.45, 7) is 13.2. The highest BCUT2D eigenvalue weighted by molar-refractivity contribution is 6.69. The lowest BCUT2D eigenvalue weighted by molar-refractivity contribution is -0.165. The van der Waals surface area contributed by atoms with Crippen molar-refractivity contribution in [1.29, 1.82) is 0 Å². The summed E-state index contributed by atoms with van der Waals surface area (Å²) >= 11 is 0. The van der Waals surface area contributed by atoms with Crippen molar-refractivity contribution in [1.82, 2.24) is 0 Å². The summed E-state index contributed by atoms with van der Waals surface area (Å²) in [6.07, 6.45) is 1.13. The molecule has 0 heterocycles.